The van der Waals surface area contributed by atoms with Crippen LogP contribution in [0.5, 0.6) is 0 Å². The van der Waals surface area contributed by atoms with E-state index in [2.05, 4.69) is 17.2 Å². The predicted octanol–water partition coefficient (Wildman–Crippen LogP) is 4.08. The average molecular weight is 381 g/mol. The summed E-state index contributed by atoms with van der Waals surface area (Å²) in [6, 6.07) is 5.22. The van der Waals surface area contributed by atoms with Gasteiger partial charge >= 0.3 is 6.09 Å². The summed E-state index contributed by atoms with van der Waals surface area (Å²) in [5.41, 5.74) is 0.599. The van der Waals surface area contributed by atoms with Gasteiger partial charge in [-0.1, -0.05) is 18.9 Å². The Bertz CT molecular complexity index is 1020. The Morgan fingerprint density at radius 3 is 2.68 bits per heavy atom. The van der Waals surface area contributed by atoms with Crippen molar-refractivity contribution in [1.29, 1.82) is 0 Å². The molecule has 1 atom stereocenters. The van der Waals surface area contributed by atoms with Gasteiger partial charge in [-0.15, -0.1) is 5.92 Å². The lowest BCUT2D eigenvalue weighted by Gasteiger charge is -2.24. The van der Waals surface area contributed by atoms with Crippen molar-refractivity contribution in [3.63, 3.8) is 0 Å². The minimum absolute atomic E-state index is 0.0923. The first-order chi connectivity index (χ1) is 13.2. The first-order valence-corrected chi connectivity index (χ1v) is 9.72. The minimum atomic E-state index is -0.594. The van der Waals surface area contributed by atoms with Gasteiger partial charge in [0, 0.05) is 11.6 Å². The standard InChI is InChI=1S/C22H27N3O3/c1-6-9-14-10-8-11-17-18(14)20(26)25(15-12-13-15)19(23-17)16(7-2)24-21(27)28-22(3,4)5/h8,10-11,15-16H,7,12-13H2,1-5H3,(H,24,27)/t16-/m0/s1. The van der Waals surface area contributed by atoms with Gasteiger partial charge in [0.2, 0.25) is 0 Å². The molecule has 3 rings (SSSR count). The molecule has 0 saturated heterocycles. The van der Waals surface area contributed by atoms with E-state index in [0.29, 0.717) is 28.7 Å². The smallest absolute Gasteiger partial charge is 0.408 e. The summed E-state index contributed by atoms with van der Waals surface area (Å²) < 4.78 is 7.14. The Hall–Kier alpha value is -2.81. The third kappa shape index (κ3) is 4.19. The monoisotopic (exact) mass is 381 g/mol. The molecule has 6 nitrogen and oxygen atoms in total. The summed E-state index contributed by atoms with van der Waals surface area (Å²) in [4.78, 5) is 30.5. The van der Waals surface area contributed by atoms with Crippen molar-refractivity contribution in [3.05, 3.63) is 39.9 Å². The topological polar surface area (TPSA) is 73.2 Å². The molecule has 0 aliphatic heterocycles. The fourth-order valence-corrected chi connectivity index (χ4v) is 3.23. The van der Waals surface area contributed by atoms with E-state index in [9.17, 15) is 9.59 Å². The molecule has 1 aromatic carbocycles. The maximum absolute atomic E-state index is 13.4. The number of nitrogens with zero attached hydrogens (tertiary/aromatic N) is 2. The summed E-state index contributed by atoms with van der Waals surface area (Å²) in [5.74, 6) is 6.45. The van der Waals surface area contributed by atoms with Crippen molar-refractivity contribution in [2.45, 2.75) is 71.6 Å². The number of nitrogens with one attached hydrogen (secondary N) is 1. The van der Waals surface area contributed by atoms with E-state index in [1.807, 2.05) is 45.9 Å². The maximum atomic E-state index is 13.4. The zero-order chi connectivity index (χ0) is 20.5. The number of carbonyl (C=O) groups is 1. The number of hydrogen-bond donors (Lipinski definition) is 1. The third-order valence-electron chi connectivity index (χ3n) is 4.54. The van der Waals surface area contributed by atoms with E-state index >= 15 is 0 Å². The van der Waals surface area contributed by atoms with Gasteiger partial charge in [0.15, 0.2) is 0 Å². The van der Waals surface area contributed by atoms with Crippen LogP contribution in [0.1, 0.15) is 77.4 Å². The van der Waals surface area contributed by atoms with E-state index in [-0.39, 0.29) is 11.6 Å². The molecular weight excluding hydrogens is 354 g/mol. The van der Waals surface area contributed by atoms with Gasteiger partial charge in [0.05, 0.1) is 16.9 Å². The molecule has 1 N–H and O–H groups in total. The molecule has 1 aliphatic rings. The zero-order valence-electron chi connectivity index (χ0n) is 17.1. The second kappa shape index (κ2) is 7.67. The molecule has 0 spiro atoms. The molecule has 0 radical (unpaired) electrons. The molecule has 1 aliphatic carbocycles. The highest BCUT2D eigenvalue weighted by Gasteiger charge is 2.32. The highest BCUT2D eigenvalue weighted by molar-refractivity contribution is 5.84. The predicted molar refractivity (Wildman–Crippen MR) is 109 cm³/mol. The van der Waals surface area contributed by atoms with Crippen LogP contribution in [-0.4, -0.2) is 21.2 Å². The quantitative estimate of drug-likeness (QED) is 0.810. The zero-order valence-corrected chi connectivity index (χ0v) is 17.1. The van der Waals surface area contributed by atoms with Crippen LogP contribution in [0.2, 0.25) is 0 Å². The molecule has 1 fully saturated rings. The van der Waals surface area contributed by atoms with Crippen LogP contribution in [0.3, 0.4) is 0 Å². The van der Waals surface area contributed by atoms with Gasteiger partial charge in [0.25, 0.3) is 5.56 Å². The van der Waals surface area contributed by atoms with Crippen molar-refractivity contribution in [2.24, 2.45) is 0 Å². The van der Waals surface area contributed by atoms with Gasteiger partial charge in [-0.3, -0.25) is 9.36 Å². The Labute approximate surface area is 165 Å². The van der Waals surface area contributed by atoms with Crippen LogP contribution in [0.15, 0.2) is 23.0 Å². The molecule has 1 heterocycles. The highest BCUT2D eigenvalue weighted by atomic mass is 16.6. The Morgan fingerprint density at radius 2 is 2.11 bits per heavy atom. The van der Waals surface area contributed by atoms with Gasteiger partial charge in [-0.25, -0.2) is 9.78 Å². The number of alkyl carbamates (subject to hydrolysis) is 1. The molecule has 1 aromatic heterocycles. The molecule has 0 bridgehead atoms. The molecular formula is C22H27N3O3. The second-order valence-electron chi connectivity index (χ2n) is 8.06. The summed E-state index contributed by atoms with van der Waals surface area (Å²) >= 11 is 0. The van der Waals surface area contributed by atoms with Crippen molar-refractivity contribution < 1.29 is 9.53 Å². The van der Waals surface area contributed by atoms with Gasteiger partial charge in [0.1, 0.15) is 11.4 Å². The largest absolute Gasteiger partial charge is 0.444 e. The summed E-state index contributed by atoms with van der Waals surface area (Å²) in [6.07, 6.45) is 1.95. The lowest BCUT2D eigenvalue weighted by Crippen LogP contribution is -2.38. The average Bonchev–Trinajstić information content (AvgIpc) is 3.43. The number of rotatable bonds is 4. The lowest BCUT2D eigenvalue weighted by atomic mass is 10.1. The van der Waals surface area contributed by atoms with E-state index < -0.39 is 17.7 Å². The van der Waals surface area contributed by atoms with E-state index in [1.54, 1.807) is 11.5 Å². The van der Waals surface area contributed by atoms with Crippen LogP contribution in [0.4, 0.5) is 4.79 Å². The fraction of sp³-hybridized carbons (Fsp3) is 0.500. The first-order valence-electron chi connectivity index (χ1n) is 9.72. The van der Waals surface area contributed by atoms with Gasteiger partial charge in [-0.05, 0) is 59.1 Å². The van der Waals surface area contributed by atoms with Crippen LogP contribution in [-0.2, 0) is 4.74 Å². The Balaban J connectivity index is 2.11. The molecule has 6 heteroatoms. The summed E-state index contributed by atoms with van der Waals surface area (Å²) in [6.45, 7) is 9.15. The van der Waals surface area contributed by atoms with Gasteiger partial charge in [-0.2, -0.15) is 0 Å². The molecule has 0 unspecified atom stereocenters. The minimum Gasteiger partial charge on any atom is -0.444 e. The molecule has 2 aromatic rings. The number of amides is 1. The summed E-state index contributed by atoms with van der Waals surface area (Å²) in [5, 5.41) is 3.42. The number of ether oxygens (including phenoxy) is 1. The fourth-order valence-electron chi connectivity index (χ4n) is 3.23. The van der Waals surface area contributed by atoms with Crippen LogP contribution in [0, 0.1) is 11.8 Å². The maximum Gasteiger partial charge on any atom is 0.408 e. The molecule has 1 saturated carbocycles. The van der Waals surface area contributed by atoms with E-state index in [0.717, 1.165) is 12.8 Å². The third-order valence-corrected chi connectivity index (χ3v) is 4.54. The van der Waals surface area contributed by atoms with Crippen molar-refractivity contribution in [3.8, 4) is 11.8 Å². The number of aromatic nitrogens is 2. The number of fused-ring (bicyclic) bond motifs is 1. The lowest BCUT2D eigenvalue weighted by molar-refractivity contribution is 0.0498. The first kappa shape index (κ1) is 19.9. The van der Waals surface area contributed by atoms with E-state index in [4.69, 9.17) is 9.72 Å². The van der Waals surface area contributed by atoms with E-state index in [1.165, 1.54) is 0 Å². The summed E-state index contributed by atoms with van der Waals surface area (Å²) in [7, 11) is 0. The second-order valence-corrected chi connectivity index (χ2v) is 8.06. The molecule has 148 valence electrons. The number of benzene rings is 1. The van der Waals surface area contributed by atoms with Crippen molar-refractivity contribution in [1.82, 2.24) is 14.9 Å². The highest BCUT2D eigenvalue weighted by Crippen LogP contribution is 2.36. The van der Waals surface area contributed by atoms with Crippen molar-refractivity contribution >= 4 is 17.0 Å². The Kier molecular flexibility index (Phi) is 5.46. The molecule has 1 amide bonds. The normalized spacial score (nSPS) is 14.9. The van der Waals surface area contributed by atoms with Crippen LogP contribution in [0.25, 0.3) is 10.9 Å². The Morgan fingerprint density at radius 1 is 1.39 bits per heavy atom. The molecule has 28 heavy (non-hydrogen) atoms. The van der Waals surface area contributed by atoms with Gasteiger partial charge < -0.3 is 10.1 Å². The van der Waals surface area contributed by atoms with Crippen molar-refractivity contribution in [2.75, 3.05) is 0 Å². The SMILES string of the molecule is CC#Cc1cccc2nc([C@H](CC)NC(=O)OC(C)(C)C)n(C3CC3)c(=O)c12. The van der Waals surface area contributed by atoms with Crippen LogP contribution < -0.4 is 10.9 Å². The number of hydrogen-bond acceptors (Lipinski definition) is 4. The number of carbonyl (C=O) groups excluding carboxylic acids is 1. The van der Waals surface area contributed by atoms with Crippen LogP contribution >= 0.6 is 0 Å².